The van der Waals surface area contributed by atoms with Crippen LogP contribution in [-0.2, 0) is 9.53 Å². The average molecular weight is 439 g/mol. The third-order valence-electron chi connectivity index (χ3n) is 10.3. The van der Waals surface area contributed by atoms with Gasteiger partial charge in [-0.05, 0) is 84.9 Å². The maximum Gasteiger partial charge on any atom is 0.302 e. The first-order valence-corrected chi connectivity index (χ1v) is 13.3. The molecule has 0 aromatic rings. The molecule has 0 bridgehead atoms. The van der Waals surface area contributed by atoms with Gasteiger partial charge < -0.3 is 4.74 Å². The molecule has 0 amide bonds. The molecule has 8 atom stereocenters. The Labute approximate surface area is 197 Å². The topological polar surface area (TPSA) is 26.3 Å². The van der Waals surface area contributed by atoms with Gasteiger partial charge in [0.15, 0.2) is 0 Å². The van der Waals surface area contributed by atoms with Gasteiger partial charge in [0, 0.05) is 13.3 Å². The Morgan fingerprint density at radius 3 is 2.44 bits per heavy atom. The summed E-state index contributed by atoms with van der Waals surface area (Å²) in [7, 11) is 0. The number of carbonyl (C=O) groups is 1. The van der Waals surface area contributed by atoms with Gasteiger partial charge in [0.05, 0.1) is 0 Å². The van der Waals surface area contributed by atoms with E-state index >= 15 is 0 Å². The maximum absolute atomic E-state index is 11.5. The number of rotatable bonds is 5. The van der Waals surface area contributed by atoms with Crippen LogP contribution in [0.3, 0.4) is 0 Å². The van der Waals surface area contributed by atoms with Crippen LogP contribution in [-0.4, -0.2) is 12.1 Å². The van der Waals surface area contributed by atoms with Crippen molar-refractivity contribution in [1.82, 2.24) is 0 Å². The van der Waals surface area contributed by atoms with E-state index in [0.29, 0.717) is 29.1 Å². The molecule has 3 fully saturated rings. The molecule has 0 unspecified atom stereocenters. The second-order valence-corrected chi connectivity index (χ2v) is 12.4. The highest BCUT2D eigenvalue weighted by atomic mass is 16.5. The van der Waals surface area contributed by atoms with Crippen molar-refractivity contribution < 1.29 is 9.53 Å². The van der Waals surface area contributed by atoms with Crippen molar-refractivity contribution in [2.24, 2.45) is 46.3 Å². The van der Waals surface area contributed by atoms with Crippen molar-refractivity contribution in [3.8, 4) is 0 Å². The highest BCUT2D eigenvalue weighted by Crippen LogP contribution is 2.66. The van der Waals surface area contributed by atoms with Gasteiger partial charge in [-0.25, -0.2) is 0 Å². The van der Waals surface area contributed by atoms with Gasteiger partial charge in [-0.2, -0.15) is 0 Å². The number of fused-ring (bicyclic) bond motifs is 5. The van der Waals surface area contributed by atoms with Crippen LogP contribution >= 0.6 is 0 Å². The van der Waals surface area contributed by atoms with E-state index in [-0.39, 0.29) is 17.5 Å². The molecule has 0 spiro atoms. The van der Waals surface area contributed by atoms with Crippen LogP contribution in [0.2, 0.25) is 0 Å². The number of carbonyl (C=O) groups excluding carboxylic acids is 1. The summed E-state index contributed by atoms with van der Waals surface area (Å²) in [5, 5.41) is 0. The molecular formula is C30H46O2. The van der Waals surface area contributed by atoms with E-state index in [2.05, 4.69) is 65.8 Å². The van der Waals surface area contributed by atoms with E-state index in [9.17, 15) is 4.79 Å². The van der Waals surface area contributed by atoms with Crippen molar-refractivity contribution in [3.63, 3.8) is 0 Å². The molecule has 2 heteroatoms. The van der Waals surface area contributed by atoms with E-state index in [0.717, 1.165) is 31.1 Å². The second kappa shape index (κ2) is 8.80. The van der Waals surface area contributed by atoms with Gasteiger partial charge in [0.2, 0.25) is 0 Å². The van der Waals surface area contributed by atoms with Crippen molar-refractivity contribution in [1.29, 1.82) is 0 Å². The lowest BCUT2D eigenvalue weighted by atomic mass is 9.50. The highest BCUT2D eigenvalue weighted by Gasteiger charge is 2.56. The van der Waals surface area contributed by atoms with Crippen LogP contribution in [0.4, 0.5) is 0 Å². The molecule has 0 heterocycles. The van der Waals surface area contributed by atoms with Crippen molar-refractivity contribution in [2.75, 3.05) is 0 Å². The molecule has 3 saturated carbocycles. The summed E-state index contributed by atoms with van der Waals surface area (Å²) in [6, 6.07) is 0. The SMILES string of the molecule is CC(=O)O[C@H]1CC[C@@]2(C)C(=CC=C3[C@@H]4CC[C@H]([C@H](C)C=C[C@H](C)C(C)C)[C@@]4(C)CC[C@@H]32)C1. The van der Waals surface area contributed by atoms with Gasteiger partial charge in [0.25, 0.3) is 0 Å². The van der Waals surface area contributed by atoms with Crippen molar-refractivity contribution in [2.45, 2.75) is 99.5 Å². The minimum absolute atomic E-state index is 0.0763. The summed E-state index contributed by atoms with van der Waals surface area (Å²) in [6.45, 7) is 16.1. The number of hydrogen-bond donors (Lipinski definition) is 0. The lowest BCUT2D eigenvalue weighted by Crippen LogP contribution is -2.46. The maximum atomic E-state index is 11.5. The minimum Gasteiger partial charge on any atom is -0.462 e. The van der Waals surface area contributed by atoms with E-state index in [1.54, 1.807) is 12.5 Å². The zero-order valence-corrected chi connectivity index (χ0v) is 21.6. The fraction of sp³-hybridized carbons (Fsp3) is 0.767. The van der Waals surface area contributed by atoms with Crippen molar-refractivity contribution >= 4 is 5.97 Å². The molecule has 4 aliphatic rings. The molecule has 2 nitrogen and oxygen atoms in total. The normalized spacial score (nSPS) is 40.8. The fourth-order valence-electron chi connectivity index (χ4n) is 7.92. The molecule has 0 aromatic heterocycles. The van der Waals surface area contributed by atoms with Gasteiger partial charge in [-0.1, -0.05) is 77.0 Å². The summed E-state index contributed by atoms with van der Waals surface area (Å²) in [4.78, 5) is 11.5. The molecule has 0 N–H and O–H groups in total. The smallest absolute Gasteiger partial charge is 0.302 e. The molecule has 0 saturated heterocycles. The Balaban J connectivity index is 1.54. The first-order chi connectivity index (χ1) is 15.1. The third-order valence-corrected chi connectivity index (χ3v) is 10.3. The molecule has 0 aromatic carbocycles. The standard InChI is InChI=1S/C30H46O2/c1-19(2)20(3)8-9-21(4)26-12-13-27-25-11-10-23-18-24(32-22(5)31)14-16-29(23,6)28(25)15-17-30(26,27)7/h8-11,19-21,24,26-28H,12-18H2,1-7H3/t20-,21+,24-,26+,27-,28-,29-,30+/m0/s1. The van der Waals surface area contributed by atoms with Gasteiger partial charge in [-0.15, -0.1) is 0 Å². The van der Waals surface area contributed by atoms with Gasteiger partial charge in [0.1, 0.15) is 6.10 Å². The summed E-state index contributed by atoms with van der Waals surface area (Å²) >= 11 is 0. The molecular weight excluding hydrogens is 392 g/mol. The number of ether oxygens (including phenoxy) is 1. The molecule has 4 rings (SSSR count). The van der Waals surface area contributed by atoms with Crippen LogP contribution in [0, 0.1) is 46.3 Å². The molecule has 0 aliphatic heterocycles. The number of hydrogen-bond acceptors (Lipinski definition) is 2. The Morgan fingerprint density at radius 2 is 1.75 bits per heavy atom. The Kier molecular flexibility index (Phi) is 6.56. The van der Waals surface area contributed by atoms with Crippen LogP contribution < -0.4 is 0 Å². The lowest BCUT2D eigenvalue weighted by Gasteiger charge is -2.55. The third kappa shape index (κ3) is 4.05. The number of esters is 1. The quantitative estimate of drug-likeness (QED) is 0.322. The molecule has 4 aliphatic carbocycles. The number of allylic oxidation sites excluding steroid dienone is 5. The van der Waals surface area contributed by atoms with Gasteiger partial charge >= 0.3 is 5.97 Å². The van der Waals surface area contributed by atoms with Crippen LogP contribution in [0.5, 0.6) is 0 Å². The van der Waals surface area contributed by atoms with Crippen LogP contribution in [0.25, 0.3) is 0 Å². The first-order valence-electron chi connectivity index (χ1n) is 13.3. The minimum atomic E-state index is -0.136. The van der Waals surface area contributed by atoms with E-state index in [4.69, 9.17) is 4.74 Å². The summed E-state index contributed by atoms with van der Waals surface area (Å²) in [6.07, 6.45) is 18.5. The predicted octanol–water partition coefficient (Wildman–Crippen LogP) is 7.90. The fourth-order valence-corrected chi connectivity index (χ4v) is 7.92. The highest BCUT2D eigenvalue weighted by molar-refractivity contribution is 5.66. The average Bonchev–Trinajstić information content (AvgIpc) is 3.08. The largest absolute Gasteiger partial charge is 0.462 e. The predicted molar refractivity (Wildman–Crippen MR) is 133 cm³/mol. The summed E-state index contributed by atoms with van der Waals surface area (Å²) < 4.78 is 5.59. The van der Waals surface area contributed by atoms with Crippen molar-refractivity contribution in [3.05, 3.63) is 35.5 Å². The van der Waals surface area contributed by atoms with Crippen LogP contribution in [0.1, 0.15) is 93.4 Å². The zero-order chi connectivity index (χ0) is 23.3. The summed E-state index contributed by atoms with van der Waals surface area (Å²) in [5.74, 6) is 4.11. The first kappa shape index (κ1) is 23.8. The van der Waals surface area contributed by atoms with E-state index in [1.807, 2.05) is 0 Å². The molecule has 0 radical (unpaired) electrons. The van der Waals surface area contributed by atoms with Gasteiger partial charge in [-0.3, -0.25) is 4.79 Å². The lowest BCUT2D eigenvalue weighted by molar-refractivity contribution is -0.148. The van der Waals surface area contributed by atoms with Crippen LogP contribution in [0.15, 0.2) is 35.5 Å². The Morgan fingerprint density at radius 1 is 1.00 bits per heavy atom. The van der Waals surface area contributed by atoms with E-state index in [1.165, 1.54) is 31.3 Å². The molecule has 178 valence electrons. The Bertz CT molecular complexity index is 817. The monoisotopic (exact) mass is 438 g/mol. The van der Waals surface area contributed by atoms with E-state index < -0.39 is 0 Å². The molecule has 32 heavy (non-hydrogen) atoms. The second-order valence-electron chi connectivity index (χ2n) is 12.4. The Hall–Kier alpha value is -1.31. The zero-order valence-electron chi connectivity index (χ0n) is 21.6. The summed E-state index contributed by atoms with van der Waals surface area (Å²) in [5.41, 5.74) is 3.98.